The molecular weight excluding hydrogens is 250 g/mol. The lowest BCUT2D eigenvalue weighted by Gasteiger charge is -2.14. The van der Waals surface area contributed by atoms with Gasteiger partial charge in [-0.1, -0.05) is 0 Å². The van der Waals surface area contributed by atoms with Crippen molar-refractivity contribution in [3.63, 3.8) is 0 Å². The first-order valence-electron chi connectivity index (χ1n) is 5.79. The summed E-state index contributed by atoms with van der Waals surface area (Å²) in [6.07, 6.45) is 0. The number of fused-ring (bicyclic) bond motifs is 1. The van der Waals surface area contributed by atoms with Gasteiger partial charge in [0.15, 0.2) is 11.5 Å². The molecule has 1 aromatic rings. The van der Waals surface area contributed by atoms with Gasteiger partial charge >= 0.3 is 6.03 Å². The van der Waals surface area contributed by atoms with Crippen LogP contribution in [0.3, 0.4) is 0 Å². The zero-order valence-corrected chi connectivity index (χ0v) is 10.6. The van der Waals surface area contributed by atoms with Crippen LogP contribution < -0.4 is 25.4 Å². The predicted octanol–water partition coefficient (Wildman–Crippen LogP) is 0.671. The van der Waals surface area contributed by atoms with Crippen LogP contribution in [0.1, 0.15) is 6.92 Å². The summed E-state index contributed by atoms with van der Waals surface area (Å²) in [6.45, 7) is 1.86. The molecular formula is C12H15N3O4. The highest BCUT2D eigenvalue weighted by atomic mass is 16.7. The molecule has 1 unspecified atom stereocenters. The fraction of sp³-hybridized carbons (Fsp3) is 0.333. The molecule has 2 rings (SSSR count). The van der Waals surface area contributed by atoms with Crippen LogP contribution in [0.2, 0.25) is 0 Å². The van der Waals surface area contributed by atoms with Crippen molar-refractivity contribution in [2.24, 2.45) is 0 Å². The number of hydrogen-bond donors (Lipinski definition) is 3. The van der Waals surface area contributed by atoms with E-state index in [-0.39, 0.29) is 6.79 Å². The lowest BCUT2D eigenvalue weighted by Crippen LogP contribution is -2.44. The Labute approximate surface area is 110 Å². The number of carbonyl (C=O) groups is 2. The number of ether oxygens (including phenoxy) is 2. The lowest BCUT2D eigenvalue weighted by atomic mass is 10.2. The smallest absolute Gasteiger partial charge is 0.321 e. The van der Waals surface area contributed by atoms with E-state index in [0.29, 0.717) is 17.2 Å². The summed E-state index contributed by atoms with van der Waals surface area (Å²) < 4.78 is 10.4. The van der Waals surface area contributed by atoms with Gasteiger partial charge in [-0.3, -0.25) is 10.1 Å². The molecule has 7 nitrogen and oxygen atoms in total. The standard InChI is InChI=1S/C12H15N3O4/c1-7(11(16)15-12(17)13-2)14-8-3-4-9-10(5-8)19-6-18-9/h3-5,7,14H,6H2,1-2H3,(H2,13,15,16,17). The van der Waals surface area contributed by atoms with Gasteiger partial charge in [-0.15, -0.1) is 0 Å². The molecule has 102 valence electrons. The van der Waals surface area contributed by atoms with Crippen LogP contribution in [0.4, 0.5) is 10.5 Å². The summed E-state index contributed by atoms with van der Waals surface area (Å²) in [4.78, 5) is 22.7. The predicted molar refractivity (Wildman–Crippen MR) is 68.2 cm³/mol. The monoisotopic (exact) mass is 265 g/mol. The van der Waals surface area contributed by atoms with E-state index in [9.17, 15) is 9.59 Å². The molecule has 0 bridgehead atoms. The Morgan fingerprint density at radius 1 is 1.26 bits per heavy atom. The van der Waals surface area contributed by atoms with E-state index in [1.165, 1.54) is 7.05 Å². The molecule has 0 saturated heterocycles. The maximum absolute atomic E-state index is 11.7. The van der Waals surface area contributed by atoms with E-state index < -0.39 is 18.0 Å². The van der Waals surface area contributed by atoms with E-state index in [2.05, 4.69) is 16.0 Å². The Morgan fingerprint density at radius 2 is 2.00 bits per heavy atom. The number of hydrogen-bond acceptors (Lipinski definition) is 5. The molecule has 0 fully saturated rings. The van der Waals surface area contributed by atoms with Crippen molar-refractivity contribution in [2.45, 2.75) is 13.0 Å². The van der Waals surface area contributed by atoms with Crippen LogP contribution in [0.25, 0.3) is 0 Å². The van der Waals surface area contributed by atoms with E-state index in [1.54, 1.807) is 25.1 Å². The number of imide groups is 1. The van der Waals surface area contributed by atoms with Gasteiger partial charge < -0.3 is 20.1 Å². The quantitative estimate of drug-likeness (QED) is 0.747. The second kappa shape index (κ2) is 5.47. The first-order valence-corrected chi connectivity index (χ1v) is 5.79. The topological polar surface area (TPSA) is 88.7 Å². The summed E-state index contributed by atoms with van der Waals surface area (Å²) >= 11 is 0. The van der Waals surface area contributed by atoms with E-state index in [0.717, 1.165) is 0 Å². The van der Waals surface area contributed by atoms with Crippen molar-refractivity contribution < 1.29 is 19.1 Å². The van der Waals surface area contributed by atoms with Crippen molar-refractivity contribution in [1.29, 1.82) is 0 Å². The Bertz CT molecular complexity index is 504. The average Bonchev–Trinajstić information content (AvgIpc) is 2.85. The SMILES string of the molecule is CNC(=O)NC(=O)C(C)Nc1ccc2c(c1)OCO2. The lowest BCUT2D eigenvalue weighted by molar-refractivity contribution is -0.120. The number of urea groups is 1. The fourth-order valence-electron chi connectivity index (χ4n) is 1.58. The third-order valence-electron chi connectivity index (χ3n) is 2.61. The van der Waals surface area contributed by atoms with Gasteiger partial charge in [-0.05, 0) is 19.1 Å². The summed E-state index contributed by atoms with van der Waals surface area (Å²) in [5.41, 5.74) is 0.712. The van der Waals surface area contributed by atoms with Gasteiger partial charge in [0.25, 0.3) is 0 Å². The maximum Gasteiger partial charge on any atom is 0.321 e. The molecule has 19 heavy (non-hydrogen) atoms. The van der Waals surface area contributed by atoms with Crippen LogP contribution in [0.15, 0.2) is 18.2 Å². The van der Waals surface area contributed by atoms with Crippen molar-refractivity contribution in [3.05, 3.63) is 18.2 Å². The third-order valence-corrected chi connectivity index (χ3v) is 2.61. The largest absolute Gasteiger partial charge is 0.454 e. The Hall–Kier alpha value is -2.44. The van der Waals surface area contributed by atoms with Gasteiger partial charge in [0.05, 0.1) is 0 Å². The Kier molecular flexibility index (Phi) is 3.74. The number of nitrogens with one attached hydrogen (secondary N) is 3. The van der Waals surface area contributed by atoms with Crippen molar-refractivity contribution in [3.8, 4) is 11.5 Å². The first-order chi connectivity index (χ1) is 9.10. The second-order valence-corrected chi connectivity index (χ2v) is 4.00. The first kappa shape index (κ1) is 13.0. The van der Waals surface area contributed by atoms with Crippen LogP contribution in [-0.2, 0) is 4.79 Å². The van der Waals surface area contributed by atoms with Crippen molar-refractivity contribution >= 4 is 17.6 Å². The molecule has 0 aromatic heterocycles. The molecule has 0 aliphatic carbocycles. The summed E-state index contributed by atoms with van der Waals surface area (Å²) in [5, 5.41) is 7.48. The number of anilines is 1. The molecule has 1 heterocycles. The number of carbonyl (C=O) groups excluding carboxylic acids is 2. The van der Waals surface area contributed by atoms with Crippen LogP contribution in [0.5, 0.6) is 11.5 Å². The minimum absolute atomic E-state index is 0.200. The zero-order chi connectivity index (χ0) is 13.8. The highest BCUT2D eigenvalue weighted by molar-refractivity contribution is 5.97. The van der Waals surface area contributed by atoms with Crippen molar-refractivity contribution in [1.82, 2.24) is 10.6 Å². The van der Waals surface area contributed by atoms with Crippen LogP contribution in [0, 0.1) is 0 Å². The Morgan fingerprint density at radius 3 is 2.74 bits per heavy atom. The molecule has 0 saturated carbocycles. The molecule has 1 atom stereocenters. The molecule has 3 amide bonds. The number of amides is 3. The minimum Gasteiger partial charge on any atom is -0.454 e. The highest BCUT2D eigenvalue weighted by Crippen LogP contribution is 2.34. The van der Waals surface area contributed by atoms with Gasteiger partial charge in [0, 0.05) is 18.8 Å². The molecule has 1 aromatic carbocycles. The van der Waals surface area contributed by atoms with Crippen LogP contribution >= 0.6 is 0 Å². The minimum atomic E-state index is -0.558. The fourth-order valence-corrected chi connectivity index (χ4v) is 1.58. The summed E-state index contributed by atoms with van der Waals surface area (Å²) in [6, 6.07) is 4.18. The van der Waals surface area contributed by atoms with Crippen LogP contribution in [-0.4, -0.2) is 31.8 Å². The average molecular weight is 265 g/mol. The van der Waals surface area contributed by atoms with E-state index in [1.807, 2.05) is 0 Å². The van der Waals surface area contributed by atoms with Gasteiger partial charge in [-0.2, -0.15) is 0 Å². The summed E-state index contributed by atoms with van der Waals surface area (Å²) in [7, 11) is 1.44. The molecule has 3 N–H and O–H groups in total. The van der Waals surface area contributed by atoms with Gasteiger partial charge in [-0.25, -0.2) is 4.79 Å². The summed E-state index contributed by atoms with van der Waals surface area (Å²) in [5.74, 6) is 0.883. The molecule has 7 heteroatoms. The molecule has 1 aliphatic rings. The zero-order valence-electron chi connectivity index (χ0n) is 10.6. The van der Waals surface area contributed by atoms with E-state index in [4.69, 9.17) is 9.47 Å². The number of rotatable bonds is 3. The van der Waals surface area contributed by atoms with Crippen molar-refractivity contribution in [2.75, 3.05) is 19.2 Å². The van der Waals surface area contributed by atoms with Gasteiger partial charge in [0.2, 0.25) is 12.7 Å². The highest BCUT2D eigenvalue weighted by Gasteiger charge is 2.17. The number of benzene rings is 1. The maximum atomic E-state index is 11.7. The molecule has 0 spiro atoms. The normalized spacial score (nSPS) is 13.6. The third kappa shape index (κ3) is 3.06. The Balaban J connectivity index is 1.97. The molecule has 0 radical (unpaired) electrons. The molecule has 1 aliphatic heterocycles. The van der Waals surface area contributed by atoms with E-state index >= 15 is 0 Å². The second-order valence-electron chi connectivity index (χ2n) is 4.00. The van der Waals surface area contributed by atoms with Gasteiger partial charge in [0.1, 0.15) is 6.04 Å².